The molecule has 0 radical (unpaired) electrons. The van der Waals surface area contributed by atoms with Crippen molar-refractivity contribution in [1.82, 2.24) is 10.3 Å². The van der Waals surface area contributed by atoms with Gasteiger partial charge in [-0.2, -0.15) is 0 Å². The summed E-state index contributed by atoms with van der Waals surface area (Å²) < 4.78 is 0. The molecular formula is C16H23N3. The summed E-state index contributed by atoms with van der Waals surface area (Å²) in [5.41, 5.74) is 10.2. The Morgan fingerprint density at radius 1 is 1.37 bits per heavy atom. The van der Waals surface area contributed by atoms with Crippen molar-refractivity contribution in [3.8, 4) is 0 Å². The zero-order valence-corrected chi connectivity index (χ0v) is 11.8. The molecule has 0 amide bonds. The van der Waals surface area contributed by atoms with Gasteiger partial charge in [0.05, 0.1) is 0 Å². The van der Waals surface area contributed by atoms with E-state index in [1.807, 2.05) is 0 Å². The molecule has 3 heteroatoms. The fourth-order valence-electron chi connectivity index (χ4n) is 3.67. The number of H-pyrrole nitrogens is 1. The first kappa shape index (κ1) is 12.7. The second kappa shape index (κ2) is 4.66. The minimum atomic E-state index is 0.241. The topological polar surface area (TPSA) is 53.8 Å². The molecule has 0 bridgehead atoms. The van der Waals surface area contributed by atoms with Crippen LogP contribution in [0.4, 0.5) is 0 Å². The number of fused-ring (bicyclic) bond motifs is 1. The van der Waals surface area contributed by atoms with Crippen LogP contribution in [-0.4, -0.2) is 18.6 Å². The van der Waals surface area contributed by atoms with E-state index in [4.69, 9.17) is 5.73 Å². The predicted octanol–water partition coefficient (Wildman–Crippen LogP) is 2.87. The second-order valence-electron chi connectivity index (χ2n) is 5.85. The van der Waals surface area contributed by atoms with Crippen LogP contribution >= 0.6 is 0 Å². The summed E-state index contributed by atoms with van der Waals surface area (Å²) in [5, 5.41) is 4.86. The van der Waals surface area contributed by atoms with E-state index in [2.05, 4.69) is 48.5 Å². The van der Waals surface area contributed by atoms with Crippen molar-refractivity contribution in [2.24, 2.45) is 11.1 Å². The van der Waals surface area contributed by atoms with Crippen molar-refractivity contribution in [1.29, 1.82) is 0 Å². The molecule has 0 spiro atoms. The highest BCUT2D eigenvalue weighted by molar-refractivity contribution is 5.85. The average Bonchev–Trinajstić information content (AvgIpc) is 2.70. The monoisotopic (exact) mass is 257 g/mol. The summed E-state index contributed by atoms with van der Waals surface area (Å²) in [6.45, 7) is 2.93. The van der Waals surface area contributed by atoms with E-state index < -0.39 is 0 Å². The Kier molecular flexibility index (Phi) is 3.11. The van der Waals surface area contributed by atoms with Gasteiger partial charge in [0.25, 0.3) is 0 Å². The minimum Gasteiger partial charge on any atom is -0.358 e. The number of hydrogen-bond donors (Lipinski definition) is 3. The Labute approximate surface area is 114 Å². The fourth-order valence-corrected chi connectivity index (χ4v) is 3.67. The van der Waals surface area contributed by atoms with Crippen molar-refractivity contribution < 1.29 is 0 Å². The van der Waals surface area contributed by atoms with Crippen molar-refractivity contribution in [2.75, 3.05) is 13.6 Å². The lowest BCUT2D eigenvalue weighted by atomic mass is 9.62. The lowest BCUT2D eigenvalue weighted by molar-refractivity contribution is 0.0883. The lowest BCUT2D eigenvalue weighted by Crippen LogP contribution is -2.47. The highest BCUT2D eigenvalue weighted by atomic mass is 14.9. The Morgan fingerprint density at radius 3 is 2.68 bits per heavy atom. The quantitative estimate of drug-likeness (QED) is 0.789. The molecule has 0 aliphatic heterocycles. The van der Waals surface area contributed by atoms with Gasteiger partial charge in [-0.15, -0.1) is 0 Å². The van der Waals surface area contributed by atoms with E-state index in [-0.39, 0.29) is 5.41 Å². The van der Waals surface area contributed by atoms with E-state index in [0.29, 0.717) is 6.04 Å². The van der Waals surface area contributed by atoms with Gasteiger partial charge < -0.3 is 16.0 Å². The molecule has 0 saturated heterocycles. The lowest BCUT2D eigenvalue weighted by Gasteiger charge is -2.47. The molecule has 3 nitrogen and oxygen atoms in total. The molecule has 1 aliphatic carbocycles. The van der Waals surface area contributed by atoms with Crippen LogP contribution in [0.15, 0.2) is 24.3 Å². The number of benzene rings is 1. The van der Waals surface area contributed by atoms with Gasteiger partial charge in [0, 0.05) is 28.1 Å². The summed E-state index contributed by atoms with van der Waals surface area (Å²) in [4.78, 5) is 3.51. The molecule has 1 saturated carbocycles. The number of aromatic amines is 1. The Morgan fingerprint density at radius 2 is 2.11 bits per heavy atom. The summed E-state index contributed by atoms with van der Waals surface area (Å²) in [6, 6.07) is 8.90. The third-order valence-corrected chi connectivity index (χ3v) is 4.89. The molecule has 1 aliphatic rings. The van der Waals surface area contributed by atoms with Crippen LogP contribution in [0.2, 0.25) is 0 Å². The molecule has 4 N–H and O–H groups in total. The van der Waals surface area contributed by atoms with Crippen LogP contribution in [-0.2, 0) is 0 Å². The highest BCUT2D eigenvalue weighted by Gasteiger charge is 2.44. The Balaban J connectivity index is 2.13. The van der Waals surface area contributed by atoms with Crippen LogP contribution in [0.5, 0.6) is 0 Å². The molecule has 19 heavy (non-hydrogen) atoms. The molecule has 1 heterocycles. The first-order valence-electron chi connectivity index (χ1n) is 7.16. The van der Waals surface area contributed by atoms with Crippen LogP contribution < -0.4 is 11.1 Å². The van der Waals surface area contributed by atoms with Gasteiger partial charge in [0.2, 0.25) is 0 Å². The number of nitrogens with two attached hydrogens (primary N) is 1. The zero-order valence-electron chi connectivity index (χ0n) is 11.8. The maximum absolute atomic E-state index is 6.10. The summed E-state index contributed by atoms with van der Waals surface area (Å²) in [6.07, 6.45) is 3.76. The number of rotatable bonds is 4. The number of hydrogen-bond acceptors (Lipinski definition) is 2. The minimum absolute atomic E-state index is 0.241. The van der Waals surface area contributed by atoms with Gasteiger partial charge in [0.15, 0.2) is 0 Å². The first-order valence-corrected chi connectivity index (χ1v) is 7.16. The van der Waals surface area contributed by atoms with Gasteiger partial charge in [0.1, 0.15) is 0 Å². The summed E-state index contributed by atoms with van der Waals surface area (Å²) in [7, 11) is 2.06. The molecule has 1 aromatic heterocycles. The highest BCUT2D eigenvalue weighted by Crippen LogP contribution is 2.51. The summed E-state index contributed by atoms with van der Waals surface area (Å²) in [5.74, 6) is 0. The predicted molar refractivity (Wildman–Crippen MR) is 80.2 cm³/mol. The van der Waals surface area contributed by atoms with Gasteiger partial charge in [-0.05, 0) is 45.0 Å². The van der Waals surface area contributed by atoms with Crippen LogP contribution in [0.1, 0.15) is 36.6 Å². The molecule has 1 unspecified atom stereocenters. The molecule has 1 aromatic carbocycles. The molecule has 2 aromatic rings. The van der Waals surface area contributed by atoms with Crippen molar-refractivity contribution >= 4 is 10.9 Å². The van der Waals surface area contributed by atoms with Gasteiger partial charge in [-0.25, -0.2) is 0 Å². The van der Waals surface area contributed by atoms with Crippen LogP contribution in [0.3, 0.4) is 0 Å². The van der Waals surface area contributed by atoms with Crippen molar-refractivity contribution in [3.63, 3.8) is 0 Å². The average molecular weight is 257 g/mol. The standard InChI is InChI=1S/C16H23N3/c1-11-14(12-6-3-4-7-13(12)19-11)15(18-2)16(10-17)8-5-9-16/h3-4,6-7,15,18-19H,5,8-10,17H2,1-2H3. The number of para-hydroxylation sites is 1. The van der Waals surface area contributed by atoms with E-state index in [1.54, 1.807) is 0 Å². The normalized spacial score (nSPS) is 19.3. The van der Waals surface area contributed by atoms with Crippen molar-refractivity contribution in [3.05, 3.63) is 35.5 Å². The molecule has 102 valence electrons. The molecular weight excluding hydrogens is 234 g/mol. The molecule has 1 atom stereocenters. The maximum atomic E-state index is 6.10. The molecule has 1 fully saturated rings. The zero-order chi connectivity index (χ0) is 13.5. The Bertz CT molecular complexity index is 575. The van der Waals surface area contributed by atoms with Gasteiger partial charge >= 0.3 is 0 Å². The Hall–Kier alpha value is -1.32. The maximum Gasteiger partial charge on any atom is 0.0459 e. The first-order chi connectivity index (χ1) is 9.22. The van der Waals surface area contributed by atoms with E-state index in [9.17, 15) is 0 Å². The van der Waals surface area contributed by atoms with Crippen LogP contribution in [0.25, 0.3) is 10.9 Å². The van der Waals surface area contributed by atoms with Crippen LogP contribution in [0, 0.1) is 12.3 Å². The number of aromatic nitrogens is 1. The fraction of sp³-hybridized carbons (Fsp3) is 0.500. The SMILES string of the molecule is CNC(c1c(C)[nH]c2ccccc12)C1(CN)CCC1. The number of nitrogens with one attached hydrogen (secondary N) is 2. The van der Waals surface area contributed by atoms with E-state index in [0.717, 1.165) is 6.54 Å². The second-order valence-corrected chi connectivity index (χ2v) is 5.85. The third kappa shape index (κ3) is 1.80. The largest absolute Gasteiger partial charge is 0.358 e. The van der Waals surface area contributed by atoms with E-state index >= 15 is 0 Å². The van der Waals surface area contributed by atoms with E-state index in [1.165, 1.54) is 41.4 Å². The number of aryl methyl sites for hydroxylation is 1. The van der Waals surface area contributed by atoms with Crippen molar-refractivity contribution in [2.45, 2.75) is 32.2 Å². The summed E-state index contributed by atoms with van der Waals surface area (Å²) >= 11 is 0. The smallest absolute Gasteiger partial charge is 0.0459 e. The van der Waals surface area contributed by atoms with Gasteiger partial charge in [-0.1, -0.05) is 24.6 Å². The van der Waals surface area contributed by atoms with Gasteiger partial charge in [-0.3, -0.25) is 0 Å². The third-order valence-electron chi connectivity index (χ3n) is 4.89. The molecule has 3 rings (SSSR count).